The normalized spacial score (nSPS) is 14.9. The Labute approximate surface area is 130 Å². The van der Waals surface area contributed by atoms with Crippen molar-refractivity contribution in [3.05, 3.63) is 40.7 Å². The average Bonchev–Trinajstić information content (AvgIpc) is 2.78. The van der Waals surface area contributed by atoms with Crippen LogP contribution in [0.15, 0.2) is 29.2 Å². The number of halogens is 1. The number of carbonyl (C=O) groups is 1. The van der Waals surface area contributed by atoms with Gasteiger partial charge < -0.3 is 5.32 Å². The summed E-state index contributed by atoms with van der Waals surface area (Å²) in [6.45, 7) is 0.568. The summed E-state index contributed by atoms with van der Waals surface area (Å²) in [7, 11) is -4.08. The van der Waals surface area contributed by atoms with Crippen LogP contribution in [-0.2, 0) is 16.4 Å². The number of sulfonamides is 1. The van der Waals surface area contributed by atoms with E-state index in [1.165, 1.54) is 18.2 Å². The minimum absolute atomic E-state index is 0.0605. The van der Waals surface area contributed by atoms with Crippen LogP contribution in [0.2, 0.25) is 0 Å². The molecule has 9 heteroatoms. The molecular weight excluding hydrogens is 329 g/mol. The zero-order valence-electron chi connectivity index (χ0n) is 11.3. The number of aryl methyl sites for hydroxylation is 1. The molecule has 6 nitrogen and oxygen atoms in total. The van der Waals surface area contributed by atoms with Gasteiger partial charge in [0.05, 0.1) is 5.69 Å². The molecule has 0 saturated heterocycles. The number of amides is 1. The van der Waals surface area contributed by atoms with Crippen molar-refractivity contribution in [1.29, 1.82) is 0 Å². The highest BCUT2D eigenvalue weighted by Gasteiger charge is 2.24. The molecule has 2 N–H and O–H groups in total. The molecule has 0 unspecified atom stereocenters. The van der Waals surface area contributed by atoms with Crippen molar-refractivity contribution in [1.82, 2.24) is 10.3 Å². The van der Waals surface area contributed by atoms with Crippen LogP contribution in [0, 0.1) is 5.82 Å². The van der Waals surface area contributed by atoms with Gasteiger partial charge >= 0.3 is 0 Å². The molecule has 1 aliphatic rings. The van der Waals surface area contributed by atoms with E-state index >= 15 is 0 Å². The van der Waals surface area contributed by atoms with E-state index in [0.717, 1.165) is 23.8 Å². The number of thiazole rings is 1. The lowest BCUT2D eigenvalue weighted by Crippen LogP contribution is -2.21. The van der Waals surface area contributed by atoms with Crippen molar-refractivity contribution in [2.24, 2.45) is 0 Å². The Bertz CT molecular complexity index is 833. The summed E-state index contributed by atoms with van der Waals surface area (Å²) >= 11 is 0.948. The van der Waals surface area contributed by atoms with Gasteiger partial charge in [-0.3, -0.25) is 9.52 Å². The fourth-order valence-electron chi connectivity index (χ4n) is 2.11. The third-order valence-corrected chi connectivity index (χ3v) is 5.64. The van der Waals surface area contributed by atoms with E-state index in [2.05, 4.69) is 15.0 Å². The first kappa shape index (κ1) is 14.9. The van der Waals surface area contributed by atoms with E-state index < -0.39 is 20.7 Å². The Balaban J connectivity index is 1.92. The standard InChI is InChI=1S/C13H12FN3O3S2/c14-8-4-1-2-6-10(8)22(19,20)17-13-16-9-5-3-7-15-12(18)11(9)21-13/h1-2,4,6H,3,5,7H2,(H,15,18)(H,16,17). The Hall–Kier alpha value is -2.00. The minimum Gasteiger partial charge on any atom is -0.351 e. The number of anilines is 1. The molecule has 0 fully saturated rings. The fourth-order valence-corrected chi connectivity index (χ4v) is 4.36. The number of hydrogen-bond donors (Lipinski definition) is 2. The maximum atomic E-state index is 13.6. The van der Waals surface area contributed by atoms with Gasteiger partial charge in [-0.25, -0.2) is 17.8 Å². The summed E-state index contributed by atoms with van der Waals surface area (Å²) in [5, 5.41) is 2.77. The molecule has 0 bridgehead atoms. The third kappa shape index (κ3) is 2.81. The molecule has 1 aromatic carbocycles. The van der Waals surface area contributed by atoms with Crippen LogP contribution < -0.4 is 10.0 Å². The topological polar surface area (TPSA) is 88.2 Å². The number of aromatic nitrogens is 1. The number of fused-ring (bicyclic) bond motifs is 1. The molecule has 3 rings (SSSR count). The number of carbonyl (C=O) groups excluding carboxylic acids is 1. The minimum atomic E-state index is -4.08. The van der Waals surface area contributed by atoms with Gasteiger partial charge in [0.2, 0.25) is 0 Å². The van der Waals surface area contributed by atoms with Gasteiger partial charge in [-0.05, 0) is 25.0 Å². The molecule has 1 amide bonds. The lowest BCUT2D eigenvalue weighted by molar-refractivity contribution is 0.0960. The van der Waals surface area contributed by atoms with Crippen molar-refractivity contribution in [2.75, 3.05) is 11.3 Å². The summed E-state index contributed by atoms with van der Waals surface area (Å²) in [4.78, 5) is 15.9. The Morgan fingerprint density at radius 2 is 2.09 bits per heavy atom. The first-order valence-electron chi connectivity index (χ1n) is 6.52. The first-order valence-corrected chi connectivity index (χ1v) is 8.82. The molecule has 0 atom stereocenters. The highest BCUT2D eigenvalue weighted by molar-refractivity contribution is 7.93. The van der Waals surface area contributed by atoms with Crippen LogP contribution in [0.3, 0.4) is 0 Å². The Kier molecular flexibility index (Phi) is 3.83. The quantitative estimate of drug-likeness (QED) is 0.890. The number of rotatable bonds is 3. The van der Waals surface area contributed by atoms with E-state index in [4.69, 9.17) is 0 Å². The predicted molar refractivity (Wildman–Crippen MR) is 80.0 cm³/mol. The average molecular weight is 341 g/mol. The number of nitrogens with one attached hydrogen (secondary N) is 2. The largest absolute Gasteiger partial charge is 0.351 e. The molecule has 116 valence electrons. The summed E-state index contributed by atoms with van der Waals surface area (Å²) in [5.74, 6) is -1.10. The third-order valence-electron chi connectivity index (χ3n) is 3.13. The molecule has 0 radical (unpaired) electrons. The number of benzene rings is 1. The second-order valence-corrected chi connectivity index (χ2v) is 7.34. The molecule has 0 saturated carbocycles. The van der Waals surface area contributed by atoms with Gasteiger partial charge in [0, 0.05) is 6.54 Å². The molecule has 0 aliphatic carbocycles. The van der Waals surface area contributed by atoms with Crippen molar-refractivity contribution in [2.45, 2.75) is 17.7 Å². The number of nitrogens with zero attached hydrogens (tertiary/aromatic N) is 1. The van der Waals surface area contributed by atoms with Crippen molar-refractivity contribution >= 4 is 32.4 Å². The molecular formula is C13H12FN3O3S2. The molecule has 1 aromatic heterocycles. The predicted octanol–water partition coefficient (Wildman–Crippen LogP) is 1.76. The molecule has 2 aromatic rings. The summed E-state index contributed by atoms with van der Waals surface area (Å²) in [6.07, 6.45) is 1.33. The monoisotopic (exact) mass is 341 g/mol. The maximum Gasteiger partial charge on any atom is 0.266 e. The van der Waals surface area contributed by atoms with E-state index in [1.807, 2.05) is 0 Å². The zero-order valence-corrected chi connectivity index (χ0v) is 12.9. The Morgan fingerprint density at radius 1 is 1.32 bits per heavy atom. The van der Waals surface area contributed by atoms with Crippen LogP contribution in [0.25, 0.3) is 0 Å². The summed E-state index contributed by atoms with van der Waals surface area (Å²) in [6, 6.07) is 5.08. The zero-order chi connectivity index (χ0) is 15.7. The van der Waals surface area contributed by atoms with Gasteiger partial charge in [0.25, 0.3) is 15.9 Å². The van der Waals surface area contributed by atoms with Crippen molar-refractivity contribution in [3.8, 4) is 0 Å². The SMILES string of the molecule is O=C1NCCCc2nc(NS(=O)(=O)c3ccccc3F)sc21. The highest BCUT2D eigenvalue weighted by Crippen LogP contribution is 2.27. The van der Waals surface area contributed by atoms with Crippen LogP contribution >= 0.6 is 11.3 Å². The second-order valence-electron chi connectivity index (χ2n) is 4.69. The van der Waals surface area contributed by atoms with Crippen molar-refractivity contribution < 1.29 is 17.6 Å². The van der Waals surface area contributed by atoms with E-state index in [1.54, 1.807) is 0 Å². The van der Waals surface area contributed by atoms with Crippen molar-refractivity contribution in [3.63, 3.8) is 0 Å². The maximum absolute atomic E-state index is 13.6. The smallest absolute Gasteiger partial charge is 0.266 e. The lowest BCUT2D eigenvalue weighted by atomic mass is 10.2. The van der Waals surface area contributed by atoms with Crippen LogP contribution in [0.5, 0.6) is 0 Å². The van der Waals surface area contributed by atoms with E-state index in [9.17, 15) is 17.6 Å². The van der Waals surface area contributed by atoms with Crippen LogP contribution in [-0.4, -0.2) is 25.9 Å². The second kappa shape index (κ2) is 5.65. The first-order chi connectivity index (χ1) is 10.5. The van der Waals surface area contributed by atoms with Gasteiger partial charge in [0.1, 0.15) is 15.6 Å². The van der Waals surface area contributed by atoms with E-state index in [0.29, 0.717) is 23.5 Å². The summed E-state index contributed by atoms with van der Waals surface area (Å²) < 4.78 is 40.3. The molecule has 1 aliphatic heterocycles. The van der Waals surface area contributed by atoms with Gasteiger partial charge in [-0.15, -0.1) is 0 Å². The van der Waals surface area contributed by atoms with Crippen LogP contribution in [0.1, 0.15) is 21.8 Å². The fraction of sp³-hybridized carbons (Fsp3) is 0.231. The summed E-state index contributed by atoms with van der Waals surface area (Å²) in [5.41, 5.74) is 0.561. The number of hydrogen-bond acceptors (Lipinski definition) is 5. The molecule has 2 heterocycles. The molecule has 0 spiro atoms. The van der Waals surface area contributed by atoms with Gasteiger partial charge in [-0.1, -0.05) is 23.5 Å². The molecule has 22 heavy (non-hydrogen) atoms. The lowest BCUT2D eigenvalue weighted by Gasteiger charge is -2.05. The van der Waals surface area contributed by atoms with E-state index in [-0.39, 0.29) is 11.0 Å². The van der Waals surface area contributed by atoms with Gasteiger partial charge in [0.15, 0.2) is 5.13 Å². The Morgan fingerprint density at radius 3 is 2.86 bits per heavy atom. The van der Waals surface area contributed by atoms with Crippen LogP contribution in [0.4, 0.5) is 9.52 Å². The van der Waals surface area contributed by atoms with Gasteiger partial charge in [-0.2, -0.15) is 0 Å². The highest BCUT2D eigenvalue weighted by atomic mass is 32.2.